The number of fused-ring (bicyclic) bond motifs is 1. The van der Waals surface area contributed by atoms with E-state index < -0.39 is 78.6 Å². The zero-order valence-electron chi connectivity index (χ0n) is 31.7. The average molecular weight is 902 g/mol. The molecule has 0 unspecified atom stereocenters. The van der Waals surface area contributed by atoms with Gasteiger partial charge in [0.15, 0.2) is 5.75 Å². The van der Waals surface area contributed by atoms with Gasteiger partial charge in [-0.2, -0.15) is 40.6 Å². The van der Waals surface area contributed by atoms with Gasteiger partial charge in [-0.05, 0) is 90.3 Å². The standard InChI is InChI=1S/C34H28N10O10S3.3Na/c35-19-6-12-25(24(36)16-19)42-39-22-9-7-20(8-10-22)38-26-13-11-23(17-27(26)55(46,47)48)41-43-32-28(56(49,50)51)14-18-15-29(57(52,53)54)33(34(45)30(18)31(32)37)44-40-21-4-2-1-3-5-21;;;/h1-17,38,45H,35-37H2,(H,46,47,48)(H,49,50,51)(H,52,53,54);;;. The summed E-state index contributed by atoms with van der Waals surface area (Å²) < 4.78 is 105. The van der Waals surface area contributed by atoms with Crippen molar-refractivity contribution in [2.75, 3.05) is 22.5 Å². The molecule has 6 aromatic carbocycles. The third-order valence-corrected chi connectivity index (χ3v) is 10.5. The first-order chi connectivity index (χ1) is 26.8. The van der Waals surface area contributed by atoms with Crippen LogP contribution in [-0.2, 0) is 30.4 Å². The van der Waals surface area contributed by atoms with E-state index in [1.807, 2.05) is 0 Å². The second-order valence-electron chi connectivity index (χ2n) is 11.8. The number of phenols is 1. The number of benzene rings is 6. The van der Waals surface area contributed by atoms with Crippen LogP contribution in [0, 0.1) is 0 Å². The second kappa shape index (κ2) is 20.3. The summed E-state index contributed by atoms with van der Waals surface area (Å²) in [5.41, 5.74) is 17.5. The number of rotatable bonds is 11. The van der Waals surface area contributed by atoms with Gasteiger partial charge in [0.2, 0.25) is 0 Å². The van der Waals surface area contributed by atoms with Gasteiger partial charge in [0.05, 0.1) is 39.5 Å². The molecule has 3 radical (unpaired) electrons. The Morgan fingerprint density at radius 3 is 1.62 bits per heavy atom. The van der Waals surface area contributed by atoms with Crippen LogP contribution in [0.1, 0.15) is 0 Å². The number of hydrogen-bond acceptors (Lipinski definition) is 17. The summed E-state index contributed by atoms with van der Waals surface area (Å²) in [5, 5.41) is 36.8. The predicted octanol–water partition coefficient (Wildman–Crippen LogP) is 6.88. The summed E-state index contributed by atoms with van der Waals surface area (Å²) in [5.74, 6) is -0.970. The molecule has 0 aliphatic heterocycles. The molecule has 0 bridgehead atoms. The Balaban J connectivity index is 0.00000320. The Morgan fingerprint density at radius 1 is 0.517 bits per heavy atom. The Morgan fingerprint density at radius 2 is 1.03 bits per heavy atom. The smallest absolute Gasteiger partial charge is 0.296 e. The summed E-state index contributed by atoms with van der Waals surface area (Å²) in [4.78, 5) is -2.66. The van der Waals surface area contributed by atoms with Crippen LogP contribution in [0.4, 0.5) is 62.6 Å². The molecule has 0 aliphatic carbocycles. The molecule has 0 fully saturated rings. The van der Waals surface area contributed by atoms with Crippen LogP contribution in [0.15, 0.2) is 149 Å². The van der Waals surface area contributed by atoms with Crippen LogP contribution in [-0.4, -0.2) is 133 Å². The van der Waals surface area contributed by atoms with Crippen LogP contribution in [0.2, 0.25) is 0 Å². The zero-order chi connectivity index (χ0) is 41.3. The molecule has 6 aromatic rings. The molecule has 6 rings (SSSR count). The molecule has 0 amide bonds. The third-order valence-electron chi connectivity index (χ3n) is 7.87. The van der Waals surface area contributed by atoms with E-state index in [1.165, 1.54) is 30.3 Å². The molecule has 60 heavy (non-hydrogen) atoms. The first kappa shape index (κ1) is 50.5. The van der Waals surface area contributed by atoms with E-state index >= 15 is 0 Å². The van der Waals surface area contributed by atoms with Gasteiger partial charge in [-0.25, -0.2) is 0 Å². The van der Waals surface area contributed by atoms with E-state index in [-0.39, 0.29) is 106 Å². The maximum absolute atomic E-state index is 12.5. The maximum atomic E-state index is 12.5. The van der Waals surface area contributed by atoms with E-state index in [2.05, 4.69) is 36.0 Å². The van der Waals surface area contributed by atoms with Crippen LogP contribution < -0.4 is 22.5 Å². The Labute approximate surface area is 408 Å². The predicted molar refractivity (Wildman–Crippen MR) is 227 cm³/mol. The third kappa shape index (κ3) is 11.9. The molecular formula is C34H28N10Na3O10S3. The van der Waals surface area contributed by atoms with E-state index in [9.17, 15) is 44.0 Å². The number of phenolic OH excluding ortho intramolecular Hbond substituents is 1. The van der Waals surface area contributed by atoms with E-state index in [0.717, 1.165) is 12.1 Å². The van der Waals surface area contributed by atoms with Crippen molar-refractivity contribution < 1.29 is 44.0 Å². The van der Waals surface area contributed by atoms with E-state index in [1.54, 1.807) is 54.6 Å². The van der Waals surface area contributed by atoms with Crippen LogP contribution >= 0.6 is 0 Å². The minimum absolute atomic E-state index is 0. The van der Waals surface area contributed by atoms with Crippen molar-refractivity contribution >= 4 is 192 Å². The Hall–Kier alpha value is -3.89. The Bertz CT molecular complexity index is 3020. The minimum atomic E-state index is -5.20. The van der Waals surface area contributed by atoms with Crippen molar-refractivity contribution in [2.45, 2.75) is 14.7 Å². The van der Waals surface area contributed by atoms with Gasteiger partial charge in [0.1, 0.15) is 31.7 Å². The summed E-state index contributed by atoms with van der Waals surface area (Å²) in [6, 6.07) is 23.6. The normalized spacial score (nSPS) is 12.0. The first-order valence-corrected chi connectivity index (χ1v) is 20.1. The molecule has 11 N–H and O–H groups in total. The number of azo groups is 3. The first-order valence-electron chi connectivity index (χ1n) is 15.8. The summed E-state index contributed by atoms with van der Waals surface area (Å²) in [7, 11) is -15.3. The number of hydrogen-bond donors (Lipinski definition) is 8. The summed E-state index contributed by atoms with van der Waals surface area (Å²) >= 11 is 0. The van der Waals surface area contributed by atoms with Gasteiger partial charge in [0, 0.05) is 100 Å². The minimum Gasteiger partial charge on any atom is -0.505 e. The molecule has 0 heterocycles. The van der Waals surface area contributed by atoms with Gasteiger partial charge in [-0.15, -0.1) is 15.3 Å². The summed E-state index contributed by atoms with van der Waals surface area (Å²) in [6.45, 7) is 0. The molecule has 0 atom stereocenters. The van der Waals surface area contributed by atoms with Gasteiger partial charge in [-0.1, -0.05) is 18.2 Å². The fourth-order valence-corrected chi connectivity index (χ4v) is 7.24. The van der Waals surface area contributed by atoms with E-state index in [4.69, 9.17) is 17.2 Å². The monoisotopic (exact) mass is 901 g/mol. The molecule has 0 saturated carbocycles. The number of anilines is 5. The fourth-order valence-electron chi connectivity index (χ4n) is 5.25. The van der Waals surface area contributed by atoms with Crippen LogP contribution in [0.5, 0.6) is 5.75 Å². The van der Waals surface area contributed by atoms with Crippen molar-refractivity contribution in [3.63, 3.8) is 0 Å². The van der Waals surface area contributed by atoms with Crippen molar-refractivity contribution in [1.82, 2.24) is 0 Å². The van der Waals surface area contributed by atoms with Crippen molar-refractivity contribution in [2.24, 2.45) is 30.7 Å². The van der Waals surface area contributed by atoms with Gasteiger partial charge < -0.3 is 27.6 Å². The molecule has 0 aromatic heterocycles. The van der Waals surface area contributed by atoms with Crippen molar-refractivity contribution in [3.05, 3.63) is 103 Å². The van der Waals surface area contributed by atoms with Gasteiger partial charge >= 0.3 is 0 Å². The van der Waals surface area contributed by atoms with Crippen LogP contribution in [0.25, 0.3) is 10.8 Å². The molecule has 20 nitrogen and oxygen atoms in total. The van der Waals surface area contributed by atoms with Crippen molar-refractivity contribution in [1.29, 1.82) is 0 Å². The average Bonchev–Trinajstić information content (AvgIpc) is 3.13. The molecule has 0 saturated heterocycles. The molecule has 0 aliphatic rings. The van der Waals surface area contributed by atoms with Gasteiger partial charge in [-0.3, -0.25) is 13.7 Å². The number of nitrogen functional groups attached to an aromatic ring is 3. The summed E-state index contributed by atoms with van der Waals surface area (Å²) in [6.07, 6.45) is 0. The quantitative estimate of drug-likeness (QED) is 0.0284. The molecule has 0 spiro atoms. The fraction of sp³-hybridized carbons (Fsp3) is 0. The zero-order valence-corrected chi connectivity index (χ0v) is 40.1. The number of nitrogens with one attached hydrogen (secondary N) is 1. The van der Waals surface area contributed by atoms with Gasteiger partial charge in [0.25, 0.3) is 30.4 Å². The SMILES string of the molecule is Nc1ccc(N=Nc2ccc(Nc3ccc(N=Nc4c(S(=O)(=O)O)cc5cc(S(=O)(=O)O)c(N=Nc6ccccc6)c(O)c5c4N)cc3S(=O)(=O)O)cc2)c(N)c1.[Na].[Na].[Na]. The maximum Gasteiger partial charge on any atom is 0.296 e. The number of nitrogens with zero attached hydrogens (tertiary/aromatic N) is 6. The number of nitrogens with two attached hydrogens (primary N) is 3. The number of aromatic hydroxyl groups is 1. The molecule has 295 valence electrons. The van der Waals surface area contributed by atoms with Crippen molar-refractivity contribution in [3.8, 4) is 5.75 Å². The van der Waals surface area contributed by atoms with Crippen LogP contribution in [0.3, 0.4) is 0 Å². The second-order valence-corrected chi connectivity index (χ2v) is 16.0. The molecular weight excluding hydrogens is 874 g/mol. The Kier molecular flexibility index (Phi) is 17.1. The topological polar surface area (TPSA) is 348 Å². The molecule has 26 heteroatoms. The van der Waals surface area contributed by atoms with E-state index in [0.29, 0.717) is 34.5 Å². The largest absolute Gasteiger partial charge is 0.505 e.